The molecule has 5 rings (SSSR count). The number of unbranched alkanes of at least 4 members (excludes halogenated alkanes) is 2. The smallest absolute Gasteiger partial charge is 0.241 e. The van der Waals surface area contributed by atoms with Gasteiger partial charge in [0.1, 0.15) is 11.8 Å². The lowest BCUT2D eigenvalue weighted by Gasteiger charge is -2.19. The van der Waals surface area contributed by atoms with Gasteiger partial charge in [0.2, 0.25) is 15.9 Å². The van der Waals surface area contributed by atoms with E-state index >= 15 is 0 Å². The Morgan fingerprint density at radius 1 is 0.791 bits per heavy atom. The first kappa shape index (κ1) is 30.2. The lowest BCUT2D eigenvalue weighted by molar-refractivity contribution is -0.123. The highest BCUT2D eigenvalue weighted by atomic mass is 32.2. The molecule has 8 heteroatoms. The number of fused-ring (bicyclic) bond motifs is 2. The van der Waals surface area contributed by atoms with E-state index in [9.17, 15) is 18.0 Å². The minimum Gasteiger partial charge on any atom is -0.354 e. The first-order valence-electron chi connectivity index (χ1n) is 14.8. The third-order valence-corrected chi connectivity index (χ3v) is 9.25. The van der Waals surface area contributed by atoms with Gasteiger partial charge >= 0.3 is 0 Å². The van der Waals surface area contributed by atoms with Gasteiger partial charge in [-0.05, 0) is 54.8 Å². The number of aromatic nitrogens is 1. The van der Waals surface area contributed by atoms with Crippen molar-refractivity contribution in [2.24, 2.45) is 0 Å². The molecule has 1 atom stereocenters. The van der Waals surface area contributed by atoms with E-state index in [1.165, 1.54) is 0 Å². The lowest BCUT2D eigenvalue weighted by atomic mass is 10.0. The maximum absolute atomic E-state index is 13.6. The summed E-state index contributed by atoms with van der Waals surface area (Å²) in [5.41, 5.74) is 4.19. The van der Waals surface area contributed by atoms with Crippen molar-refractivity contribution in [2.75, 3.05) is 6.54 Å². The summed E-state index contributed by atoms with van der Waals surface area (Å²) >= 11 is 0. The van der Waals surface area contributed by atoms with Crippen LogP contribution in [-0.4, -0.2) is 37.7 Å². The number of Topliss-reactive ketones (excluding diaryl/α,β-unsaturated/α-hetero) is 1. The van der Waals surface area contributed by atoms with Gasteiger partial charge < -0.3 is 15.1 Å². The van der Waals surface area contributed by atoms with Crippen LogP contribution >= 0.6 is 0 Å². The molecule has 0 saturated heterocycles. The summed E-state index contributed by atoms with van der Waals surface area (Å²) in [5.74, 6) is -0.241. The Balaban J connectivity index is 1.33. The molecule has 0 bridgehead atoms. The molecule has 4 aromatic carbocycles. The quantitative estimate of drug-likeness (QED) is 0.127. The number of hydrogen-bond donors (Lipinski definition) is 3. The molecular formula is C35H37N3O4S. The number of aromatic amines is 1. The van der Waals surface area contributed by atoms with Gasteiger partial charge in [-0.2, -0.15) is 4.72 Å². The summed E-state index contributed by atoms with van der Waals surface area (Å²) in [6.45, 7) is 1.91. The molecule has 3 N–H and O–H groups in total. The van der Waals surface area contributed by atoms with Gasteiger partial charge in [0.25, 0.3) is 0 Å². The largest absolute Gasteiger partial charge is 0.354 e. The average molecular weight is 596 g/mol. The molecule has 1 aromatic heterocycles. The summed E-state index contributed by atoms with van der Waals surface area (Å²) in [6.07, 6.45) is 3.44. The van der Waals surface area contributed by atoms with Crippen LogP contribution in [0.3, 0.4) is 0 Å². The molecule has 0 aliphatic carbocycles. The van der Waals surface area contributed by atoms with Crippen molar-refractivity contribution >= 4 is 43.4 Å². The first-order valence-corrected chi connectivity index (χ1v) is 16.2. The Kier molecular flexibility index (Phi) is 9.69. The number of para-hydroxylation sites is 1. The van der Waals surface area contributed by atoms with E-state index < -0.39 is 16.1 Å². The molecular weight excluding hydrogens is 558 g/mol. The maximum Gasteiger partial charge on any atom is 0.241 e. The monoisotopic (exact) mass is 595 g/mol. The predicted molar refractivity (Wildman–Crippen MR) is 172 cm³/mol. The van der Waals surface area contributed by atoms with E-state index in [2.05, 4.69) is 33.2 Å². The Hall–Kier alpha value is -4.27. The molecule has 1 heterocycles. The normalized spacial score (nSPS) is 12.4. The van der Waals surface area contributed by atoms with Gasteiger partial charge in [-0.25, -0.2) is 8.42 Å². The van der Waals surface area contributed by atoms with Gasteiger partial charge in [-0.3, -0.25) is 4.79 Å². The van der Waals surface area contributed by atoms with Gasteiger partial charge in [-0.1, -0.05) is 97.8 Å². The molecule has 0 spiro atoms. The van der Waals surface area contributed by atoms with Gasteiger partial charge in [0, 0.05) is 34.9 Å². The van der Waals surface area contributed by atoms with Gasteiger partial charge in [0.05, 0.1) is 4.90 Å². The number of carbonyl (C=O) groups excluding carboxylic acids is 2. The fourth-order valence-corrected chi connectivity index (χ4v) is 7.03. The zero-order valence-electron chi connectivity index (χ0n) is 24.3. The molecule has 222 valence electrons. The highest BCUT2D eigenvalue weighted by molar-refractivity contribution is 7.89. The second kappa shape index (κ2) is 13.8. The minimum atomic E-state index is -4.00. The third-order valence-electron chi connectivity index (χ3n) is 7.73. The molecule has 5 aromatic rings. The highest BCUT2D eigenvalue weighted by Gasteiger charge is 2.27. The molecule has 0 radical (unpaired) electrons. The molecule has 7 nitrogen and oxygen atoms in total. The van der Waals surface area contributed by atoms with Crippen LogP contribution in [0.2, 0.25) is 0 Å². The van der Waals surface area contributed by atoms with Crippen LogP contribution in [0, 0.1) is 0 Å². The number of ketones is 1. The van der Waals surface area contributed by atoms with Crippen LogP contribution in [-0.2, 0) is 26.0 Å². The number of benzene rings is 4. The molecule has 0 aliphatic rings. The van der Waals surface area contributed by atoms with Crippen molar-refractivity contribution in [3.05, 3.63) is 103 Å². The summed E-state index contributed by atoms with van der Waals surface area (Å²) in [4.78, 5) is 28.6. The Bertz CT molecular complexity index is 1830. The maximum atomic E-state index is 13.6. The van der Waals surface area contributed by atoms with Crippen LogP contribution in [0.25, 0.3) is 32.9 Å². The van der Waals surface area contributed by atoms with Crippen molar-refractivity contribution in [3.63, 3.8) is 0 Å². The first-order chi connectivity index (χ1) is 20.8. The number of sulfonamides is 1. The van der Waals surface area contributed by atoms with E-state index in [1.807, 2.05) is 54.6 Å². The Labute approximate surface area is 252 Å². The molecule has 0 unspecified atom stereocenters. The van der Waals surface area contributed by atoms with E-state index in [1.54, 1.807) is 31.2 Å². The fourth-order valence-electron chi connectivity index (χ4n) is 5.57. The van der Waals surface area contributed by atoms with E-state index in [-0.39, 0.29) is 16.6 Å². The minimum absolute atomic E-state index is 0.123. The molecule has 0 aliphatic heterocycles. The van der Waals surface area contributed by atoms with Crippen LogP contribution < -0.4 is 10.0 Å². The van der Waals surface area contributed by atoms with Crippen molar-refractivity contribution in [1.29, 1.82) is 0 Å². The van der Waals surface area contributed by atoms with Crippen LogP contribution in [0.5, 0.6) is 0 Å². The van der Waals surface area contributed by atoms with Crippen molar-refractivity contribution in [2.45, 2.75) is 56.4 Å². The van der Waals surface area contributed by atoms with Gasteiger partial charge in [-0.15, -0.1) is 0 Å². The van der Waals surface area contributed by atoms with Crippen molar-refractivity contribution < 1.29 is 18.0 Å². The predicted octanol–water partition coefficient (Wildman–Crippen LogP) is 6.53. The fraction of sp³-hybridized carbons (Fsp3) is 0.257. The number of hydrogen-bond acceptors (Lipinski definition) is 4. The standard InChI is InChI=1S/C35H37N3O4S/c1-25(39)13-4-2-7-21-32(38-43(41,42)33-22-12-17-26-14-8-9-18-28(26)33)35(40)36-24-23-30-29-19-10-11-20-31(29)37-34(30)27-15-5-3-6-16-27/h3,5-6,8-12,14-20,22,32,37-38H,2,4,7,13,21,23-24H2,1H3,(H,36,40)/t32-/m0/s1. The van der Waals surface area contributed by atoms with Crippen LogP contribution in [0.4, 0.5) is 0 Å². The van der Waals surface area contributed by atoms with Crippen molar-refractivity contribution in [3.8, 4) is 11.3 Å². The summed E-state index contributed by atoms with van der Waals surface area (Å²) in [5, 5.41) is 5.50. The van der Waals surface area contributed by atoms with E-state index in [0.717, 1.165) is 39.5 Å². The zero-order valence-corrected chi connectivity index (χ0v) is 25.1. The van der Waals surface area contributed by atoms with E-state index in [0.29, 0.717) is 44.0 Å². The van der Waals surface area contributed by atoms with E-state index in [4.69, 9.17) is 0 Å². The number of H-pyrrole nitrogens is 1. The van der Waals surface area contributed by atoms with Crippen molar-refractivity contribution in [1.82, 2.24) is 15.0 Å². The number of amides is 1. The lowest BCUT2D eigenvalue weighted by Crippen LogP contribution is -2.47. The third kappa shape index (κ3) is 7.39. The zero-order chi connectivity index (χ0) is 30.2. The van der Waals surface area contributed by atoms with Crippen LogP contribution in [0.1, 0.15) is 44.6 Å². The number of rotatable bonds is 14. The average Bonchev–Trinajstić information content (AvgIpc) is 3.38. The topological polar surface area (TPSA) is 108 Å². The molecule has 0 fully saturated rings. The summed E-state index contributed by atoms with van der Waals surface area (Å²) in [7, 11) is -4.00. The Morgan fingerprint density at radius 2 is 1.49 bits per heavy atom. The second-order valence-corrected chi connectivity index (χ2v) is 12.6. The second-order valence-electron chi connectivity index (χ2n) is 10.9. The summed E-state index contributed by atoms with van der Waals surface area (Å²) < 4.78 is 29.9. The summed E-state index contributed by atoms with van der Waals surface area (Å²) in [6, 6.07) is 29.6. The van der Waals surface area contributed by atoms with Crippen LogP contribution in [0.15, 0.2) is 102 Å². The Morgan fingerprint density at radius 3 is 2.28 bits per heavy atom. The number of nitrogens with one attached hydrogen (secondary N) is 3. The highest BCUT2D eigenvalue weighted by Crippen LogP contribution is 2.30. The SMILES string of the molecule is CC(=O)CCCCC[C@H](NS(=O)(=O)c1cccc2ccccc12)C(=O)NCCc1c(-c2ccccc2)[nH]c2ccccc12. The number of carbonyl (C=O) groups is 2. The molecule has 0 saturated carbocycles. The molecule has 43 heavy (non-hydrogen) atoms. The van der Waals surface area contributed by atoms with Gasteiger partial charge in [0.15, 0.2) is 0 Å². The molecule has 1 amide bonds.